The molecular formula is C18H22ClNS. The number of aryl methyl sites for hydroxylation is 2. The Morgan fingerprint density at radius 3 is 2.43 bits per heavy atom. The van der Waals surface area contributed by atoms with E-state index in [2.05, 4.69) is 38.1 Å². The van der Waals surface area contributed by atoms with Crippen molar-refractivity contribution >= 4 is 23.4 Å². The van der Waals surface area contributed by atoms with E-state index in [1.54, 1.807) is 11.8 Å². The highest BCUT2D eigenvalue weighted by atomic mass is 35.5. The lowest BCUT2D eigenvalue weighted by molar-refractivity contribution is 0.729. The molecule has 1 nitrogen and oxygen atoms in total. The van der Waals surface area contributed by atoms with Gasteiger partial charge in [-0.3, -0.25) is 0 Å². The van der Waals surface area contributed by atoms with Gasteiger partial charge in [0.15, 0.2) is 0 Å². The topological polar surface area (TPSA) is 26.0 Å². The molecule has 0 saturated heterocycles. The first-order valence-corrected chi connectivity index (χ1v) is 8.55. The summed E-state index contributed by atoms with van der Waals surface area (Å²) in [6.45, 7) is 6.30. The Morgan fingerprint density at radius 1 is 1.14 bits per heavy atom. The van der Waals surface area contributed by atoms with Gasteiger partial charge in [-0.25, -0.2) is 0 Å². The lowest BCUT2D eigenvalue weighted by Crippen LogP contribution is -2.18. The predicted molar refractivity (Wildman–Crippen MR) is 94.3 cm³/mol. The largest absolute Gasteiger partial charge is 0.328 e. The van der Waals surface area contributed by atoms with Crippen LogP contribution >= 0.6 is 23.4 Å². The van der Waals surface area contributed by atoms with Gasteiger partial charge in [0.2, 0.25) is 0 Å². The fourth-order valence-electron chi connectivity index (χ4n) is 2.53. The Bertz CT molecular complexity index is 602. The monoisotopic (exact) mass is 319 g/mol. The molecule has 0 bridgehead atoms. The summed E-state index contributed by atoms with van der Waals surface area (Å²) in [7, 11) is 0. The number of nitrogens with two attached hydrogens (primary N) is 1. The van der Waals surface area contributed by atoms with Crippen LogP contribution in [0, 0.1) is 13.8 Å². The molecule has 0 aromatic heterocycles. The van der Waals surface area contributed by atoms with Crippen LogP contribution < -0.4 is 5.73 Å². The second-order valence-corrected chi connectivity index (χ2v) is 7.09. The summed E-state index contributed by atoms with van der Waals surface area (Å²) >= 11 is 8.18. The number of rotatable bonds is 5. The molecule has 0 heterocycles. The molecule has 0 spiro atoms. The van der Waals surface area contributed by atoms with Gasteiger partial charge in [-0.1, -0.05) is 53.1 Å². The molecule has 3 heteroatoms. The van der Waals surface area contributed by atoms with Gasteiger partial charge < -0.3 is 5.73 Å². The first-order chi connectivity index (χ1) is 9.95. The van der Waals surface area contributed by atoms with Crippen molar-refractivity contribution < 1.29 is 0 Å². The molecule has 112 valence electrons. The van der Waals surface area contributed by atoms with Gasteiger partial charge in [-0.15, -0.1) is 11.8 Å². The number of thioether (sulfide) groups is 1. The first-order valence-electron chi connectivity index (χ1n) is 7.18. The second-order valence-electron chi connectivity index (χ2n) is 5.69. The van der Waals surface area contributed by atoms with Crippen LogP contribution in [0.25, 0.3) is 0 Å². The van der Waals surface area contributed by atoms with Crippen molar-refractivity contribution in [1.82, 2.24) is 0 Å². The van der Waals surface area contributed by atoms with E-state index < -0.39 is 0 Å². The number of hydrogen-bond acceptors (Lipinski definition) is 2. The first kappa shape index (κ1) is 16.4. The van der Waals surface area contributed by atoms with E-state index in [0.717, 1.165) is 22.1 Å². The molecule has 0 fully saturated rings. The van der Waals surface area contributed by atoms with Gasteiger partial charge in [0, 0.05) is 16.7 Å². The standard InChI is InChI=1S/C18H22ClNS/c1-12-7-13(2)9-15(8-12)11-21-18-16(10-14(3)20)5-4-6-17(18)19/h4-9,14H,10-11,20H2,1-3H3. The predicted octanol–water partition coefficient (Wildman–Crippen LogP) is 5.14. The van der Waals surface area contributed by atoms with Crippen LogP contribution in [0.2, 0.25) is 5.02 Å². The molecule has 2 N–H and O–H groups in total. The van der Waals surface area contributed by atoms with Gasteiger partial charge in [0.25, 0.3) is 0 Å². The molecule has 2 rings (SSSR count). The zero-order chi connectivity index (χ0) is 15.4. The van der Waals surface area contributed by atoms with Crippen LogP contribution in [0.15, 0.2) is 41.3 Å². The maximum Gasteiger partial charge on any atom is 0.0544 e. The SMILES string of the molecule is Cc1cc(C)cc(CSc2c(Cl)cccc2CC(C)N)c1. The van der Waals surface area contributed by atoms with Crippen LogP contribution in [0.3, 0.4) is 0 Å². The molecule has 0 amide bonds. The third kappa shape index (κ3) is 4.77. The minimum Gasteiger partial charge on any atom is -0.328 e. The van der Waals surface area contributed by atoms with Crippen LogP contribution in [0.4, 0.5) is 0 Å². The van der Waals surface area contributed by atoms with Crippen molar-refractivity contribution in [3.8, 4) is 0 Å². The van der Waals surface area contributed by atoms with Gasteiger partial charge >= 0.3 is 0 Å². The Kier molecular flexibility index (Phi) is 5.74. The number of benzene rings is 2. The van der Waals surface area contributed by atoms with Crippen molar-refractivity contribution in [2.45, 2.75) is 43.9 Å². The van der Waals surface area contributed by atoms with Gasteiger partial charge in [0.05, 0.1) is 5.02 Å². The summed E-state index contributed by atoms with van der Waals surface area (Å²) in [5.74, 6) is 0.929. The van der Waals surface area contributed by atoms with Crippen molar-refractivity contribution in [3.05, 3.63) is 63.7 Å². The van der Waals surface area contributed by atoms with Gasteiger partial charge in [0.1, 0.15) is 0 Å². The van der Waals surface area contributed by atoms with E-state index in [1.165, 1.54) is 22.3 Å². The Balaban J connectivity index is 2.19. The van der Waals surface area contributed by atoms with Crippen molar-refractivity contribution in [1.29, 1.82) is 0 Å². The van der Waals surface area contributed by atoms with Crippen molar-refractivity contribution in [3.63, 3.8) is 0 Å². The zero-order valence-corrected chi connectivity index (χ0v) is 14.4. The lowest BCUT2D eigenvalue weighted by atomic mass is 10.1. The quantitative estimate of drug-likeness (QED) is 0.772. The molecule has 1 unspecified atom stereocenters. The second kappa shape index (κ2) is 7.35. The van der Waals surface area contributed by atoms with E-state index in [-0.39, 0.29) is 6.04 Å². The molecule has 2 aromatic rings. The summed E-state index contributed by atoms with van der Waals surface area (Å²) in [5, 5.41) is 0.822. The highest BCUT2D eigenvalue weighted by Crippen LogP contribution is 2.33. The Labute approximate surface area is 136 Å². The van der Waals surface area contributed by atoms with E-state index >= 15 is 0 Å². The molecule has 0 radical (unpaired) electrons. The maximum absolute atomic E-state index is 6.38. The fourth-order valence-corrected chi connectivity index (χ4v) is 3.91. The summed E-state index contributed by atoms with van der Waals surface area (Å²) in [4.78, 5) is 1.16. The maximum atomic E-state index is 6.38. The van der Waals surface area contributed by atoms with E-state index in [9.17, 15) is 0 Å². The third-order valence-electron chi connectivity index (χ3n) is 3.26. The molecule has 21 heavy (non-hydrogen) atoms. The highest BCUT2D eigenvalue weighted by molar-refractivity contribution is 7.98. The molecule has 0 saturated carbocycles. The van der Waals surface area contributed by atoms with Crippen LogP contribution in [0.5, 0.6) is 0 Å². The van der Waals surface area contributed by atoms with E-state index in [0.29, 0.717) is 0 Å². The summed E-state index contributed by atoms with van der Waals surface area (Å²) in [5.41, 5.74) is 11.1. The van der Waals surface area contributed by atoms with Crippen LogP contribution in [0.1, 0.15) is 29.2 Å². The van der Waals surface area contributed by atoms with Crippen LogP contribution in [-0.4, -0.2) is 6.04 Å². The highest BCUT2D eigenvalue weighted by Gasteiger charge is 2.10. The lowest BCUT2D eigenvalue weighted by Gasteiger charge is -2.13. The summed E-state index contributed by atoms with van der Waals surface area (Å²) < 4.78 is 0. The average Bonchev–Trinajstić information content (AvgIpc) is 2.36. The average molecular weight is 320 g/mol. The summed E-state index contributed by atoms with van der Waals surface area (Å²) in [6, 6.07) is 12.9. The van der Waals surface area contributed by atoms with Crippen molar-refractivity contribution in [2.75, 3.05) is 0 Å². The Hall–Kier alpha value is -0.960. The zero-order valence-electron chi connectivity index (χ0n) is 12.8. The van der Waals surface area contributed by atoms with Crippen LogP contribution in [-0.2, 0) is 12.2 Å². The molecule has 2 aromatic carbocycles. The van der Waals surface area contributed by atoms with E-state index in [4.69, 9.17) is 17.3 Å². The summed E-state index contributed by atoms with van der Waals surface area (Å²) in [6.07, 6.45) is 0.857. The molecule has 1 atom stereocenters. The minimum atomic E-state index is 0.143. The third-order valence-corrected chi connectivity index (χ3v) is 4.93. The normalized spacial score (nSPS) is 12.4. The molecule has 0 aliphatic heterocycles. The Morgan fingerprint density at radius 2 is 1.81 bits per heavy atom. The molecule has 0 aliphatic rings. The smallest absolute Gasteiger partial charge is 0.0544 e. The number of halogens is 1. The number of hydrogen-bond donors (Lipinski definition) is 1. The fraction of sp³-hybridized carbons (Fsp3) is 0.333. The van der Waals surface area contributed by atoms with Gasteiger partial charge in [-0.05, 0) is 44.4 Å². The van der Waals surface area contributed by atoms with E-state index in [1.807, 2.05) is 19.1 Å². The van der Waals surface area contributed by atoms with Crippen molar-refractivity contribution in [2.24, 2.45) is 5.73 Å². The minimum absolute atomic E-state index is 0.143. The van der Waals surface area contributed by atoms with Gasteiger partial charge in [-0.2, -0.15) is 0 Å². The molecule has 0 aliphatic carbocycles. The molecular weight excluding hydrogens is 298 g/mol.